The van der Waals surface area contributed by atoms with Crippen molar-refractivity contribution in [2.75, 3.05) is 18.0 Å². The molecular weight excluding hydrogens is 450 g/mol. The molecule has 0 aromatic heterocycles. The molecule has 1 amide bonds. The van der Waals surface area contributed by atoms with E-state index in [1.54, 1.807) is 60.7 Å². The molecule has 3 aromatic carbocycles. The third-order valence-electron chi connectivity index (χ3n) is 4.53. The number of nitrogens with one attached hydrogen (secondary N) is 1. The maximum absolute atomic E-state index is 13.3. The molecule has 0 aliphatic heterocycles. The van der Waals surface area contributed by atoms with Gasteiger partial charge in [-0.05, 0) is 61.0 Å². The minimum Gasteiger partial charge on any atom is -0.497 e. The van der Waals surface area contributed by atoms with Crippen molar-refractivity contribution in [3.8, 4) is 5.75 Å². The van der Waals surface area contributed by atoms with Crippen LogP contribution in [0.15, 0.2) is 82.8 Å². The van der Waals surface area contributed by atoms with Crippen molar-refractivity contribution in [1.29, 1.82) is 0 Å². The third-order valence-corrected chi connectivity index (χ3v) is 6.57. The molecule has 0 bridgehead atoms. The van der Waals surface area contributed by atoms with Crippen molar-refractivity contribution in [2.45, 2.75) is 11.8 Å². The zero-order chi connectivity index (χ0) is 23.1. The van der Waals surface area contributed by atoms with Gasteiger partial charge in [0.25, 0.3) is 15.9 Å². The van der Waals surface area contributed by atoms with Crippen molar-refractivity contribution in [3.05, 3.63) is 88.9 Å². The molecule has 3 rings (SSSR count). The van der Waals surface area contributed by atoms with Crippen LogP contribution in [0.25, 0.3) is 0 Å². The number of methoxy groups -OCH3 is 1. The molecule has 32 heavy (non-hydrogen) atoms. The summed E-state index contributed by atoms with van der Waals surface area (Å²) in [6, 6.07) is 19.7. The van der Waals surface area contributed by atoms with Crippen molar-refractivity contribution in [1.82, 2.24) is 5.43 Å². The molecule has 0 spiro atoms. The molecule has 0 heterocycles. The molecule has 166 valence electrons. The number of aryl methyl sites for hydroxylation is 1. The first kappa shape index (κ1) is 23.3. The Morgan fingerprint density at radius 2 is 1.66 bits per heavy atom. The van der Waals surface area contributed by atoms with Gasteiger partial charge in [-0.3, -0.25) is 9.10 Å². The second kappa shape index (κ2) is 10.3. The Hall–Kier alpha value is -3.36. The number of hydrazone groups is 1. The van der Waals surface area contributed by atoms with Gasteiger partial charge < -0.3 is 4.74 Å². The van der Waals surface area contributed by atoms with Gasteiger partial charge in [0.2, 0.25) is 0 Å². The smallest absolute Gasteiger partial charge is 0.264 e. The molecule has 9 heteroatoms. The van der Waals surface area contributed by atoms with Gasteiger partial charge in [0, 0.05) is 5.02 Å². The largest absolute Gasteiger partial charge is 0.497 e. The fourth-order valence-corrected chi connectivity index (χ4v) is 4.34. The second-order valence-corrected chi connectivity index (χ2v) is 9.17. The first-order chi connectivity index (χ1) is 15.3. The Kier molecular flexibility index (Phi) is 7.50. The lowest BCUT2D eigenvalue weighted by Crippen LogP contribution is -2.39. The van der Waals surface area contributed by atoms with Crippen LogP contribution in [0.3, 0.4) is 0 Å². The number of ether oxygens (including phenoxy) is 1. The molecule has 3 aromatic rings. The molecule has 0 saturated carbocycles. The summed E-state index contributed by atoms with van der Waals surface area (Å²) < 4.78 is 32.8. The number of amides is 1. The maximum Gasteiger partial charge on any atom is 0.264 e. The van der Waals surface area contributed by atoms with Crippen LogP contribution in [0.5, 0.6) is 5.75 Å². The number of rotatable bonds is 8. The molecular formula is C23H22ClN3O4S. The van der Waals surface area contributed by atoms with E-state index in [0.29, 0.717) is 16.5 Å². The second-order valence-electron chi connectivity index (χ2n) is 6.87. The third kappa shape index (κ3) is 5.87. The Balaban J connectivity index is 1.83. The number of hydrogen-bond acceptors (Lipinski definition) is 5. The zero-order valence-electron chi connectivity index (χ0n) is 17.5. The minimum atomic E-state index is -4.00. The van der Waals surface area contributed by atoms with Crippen molar-refractivity contribution < 1.29 is 17.9 Å². The van der Waals surface area contributed by atoms with E-state index in [-0.39, 0.29) is 4.90 Å². The van der Waals surface area contributed by atoms with Crippen LogP contribution in [0, 0.1) is 6.92 Å². The van der Waals surface area contributed by atoms with Gasteiger partial charge in [0.05, 0.1) is 23.9 Å². The van der Waals surface area contributed by atoms with Crippen LogP contribution in [0.4, 0.5) is 5.69 Å². The van der Waals surface area contributed by atoms with Crippen molar-refractivity contribution in [2.24, 2.45) is 5.10 Å². The number of nitrogens with zero attached hydrogens (tertiary/aromatic N) is 2. The van der Waals surface area contributed by atoms with Gasteiger partial charge in [0.1, 0.15) is 12.3 Å². The first-order valence-electron chi connectivity index (χ1n) is 9.60. The van der Waals surface area contributed by atoms with Crippen LogP contribution in [-0.4, -0.2) is 34.2 Å². The SMILES string of the molecule is COc1ccc(N(CC(=O)N/N=C\c2ccc(Cl)cc2)S(=O)(=O)c2ccc(C)cc2)cc1. The predicted molar refractivity (Wildman–Crippen MR) is 126 cm³/mol. The Morgan fingerprint density at radius 1 is 1.03 bits per heavy atom. The highest BCUT2D eigenvalue weighted by Crippen LogP contribution is 2.26. The monoisotopic (exact) mass is 471 g/mol. The molecule has 0 aliphatic carbocycles. The van der Waals surface area contributed by atoms with E-state index in [0.717, 1.165) is 15.4 Å². The number of carbonyl (C=O) groups is 1. The lowest BCUT2D eigenvalue weighted by molar-refractivity contribution is -0.119. The number of hydrogen-bond donors (Lipinski definition) is 1. The highest BCUT2D eigenvalue weighted by atomic mass is 35.5. The van der Waals surface area contributed by atoms with E-state index >= 15 is 0 Å². The molecule has 0 radical (unpaired) electrons. The van der Waals surface area contributed by atoms with Crippen LogP contribution >= 0.6 is 11.6 Å². The van der Waals surface area contributed by atoms with Crippen LogP contribution in [0.2, 0.25) is 5.02 Å². The van der Waals surface area contributed by atoms with Crippen LogP contribution in [-0.2, 0) is 14.8 Å². The van der Waals surface area contributed by atoms with Gasteiger partial charge in [-0.2, -0.15) is 5.10 Å². The quantitative estimate of drug-likeness (QED) is 0.397. The summed E-state index contributed by atoms with van der Waals surface area (Å²) in [4.78, 5) is 12.6. The highest BCUT2D eigenvalue weighted by molar-refractivity contribution is 7.92. The van der Waals surface area contributed by atoms with Crippen molar-refractivity contribution in [3.63, 3.8) is 0 Å². The fourth-order valence-electron chi connectivity index (χ4n) is 2.79. The number of sulfonamides is 1. The van der Waals surface area contributed by atoms with Gasteiger partial charge >= 0.3 is 0 Å². The summed E-state index contributed by atoms with van der Waals surface area (Å²) >= 11 is 5.85. The molecule has 0 fully saturated rings. The summed E-state index contributed by atoms with van der Waals surface area (Å²) in [5, 5.41) is 4.49. The predicted octanol–water partition coefficient (Wildman–Crippen LogP) is 4.00. The zero-order valence-corrected chi connectivity index (χ0v) is 19.1. The topological polar surface area (TPSA) is 88.1 Å². The first-order valence-corrected chi connectivity index (χ1v) is 11.4. The molecule has 0 unspecified atom stereocenters. The number of carbonyl (C=O) groups excluding carboxylic acids is 1. The average Bonchev–Trinajstić information content (AvgIpc) is 2.79. The molecule has 7 nitrogen and oxygen atoms in total. The summed E-state index contributed by atoms with van der Waals surface area (Å²) in [7, 11) is -2.49. The molecule has 0 atom stereocenters. The molecule has 0 aliphatic rings. The van der Waals surface area contributed by atoms with Gasteiger partial charge in [-0.25, -0.2) is 13.8 Å². The van der Waals surface area contributed by atoms with Crippen LogP contribution in [0.1, 0.15) is 11.1 Å². The summed E-state index contributed by atoms with van der Waals surface area (Å²) in [6.45, 7) is 1.41. The number of benzene rings is 3. The Labute approximate surface area is 192 Å². The van der Waals surface area contributed by atoms with Gasteiger partial charge in [-0.15, -0.1) is 0 Å². The normalized spacial score (nSPS) is 11.3. The van der Waals surface area contributed by atoms with E-state index in [1.165, 1.54) is 25.5 Å². The van der Waals surface area contributed by atoms with Crippen molar-refractivity contribution >= 4 is 39.4 Å². The lowest BCUT2D eigenvalue weighted by Gasteiger charge is -2.24. The summed E-state index contributed by atoms with van der Waals surface area (Å²) in [6.07, 6.45) is 1.44. The molecule has 1 N–H and O–H groups in total. The highest BCUT2D eigenvalue weighted by Gasteiger charge is 2.27. The van der Waals surface area contributed by atoms with E-state index in [2.05, 4.69) is 10.5 Å². The summed E-state index contributed by atoms with van der Waals surface area (Å²) in [5.74, 6) is -0.0276. The number of anilines is 1. The Morgan fingerprint density at radius 3 is 2.25 bits per heavy atom. The van der Waals surface area contributed by atoms with Gasteiger partial charge in [0.15, 0.2) is 0 Å². The fraction of sp³-hybridized carbons (Fsp3) is 0.130. The lowest BCUT2D eigenvalue weighted by atomic mass is 10.2. The van der Waals surface area contributed by atoms with E-state index in [1.807, 2.05) is 6.92 Å². The molecule has 0 saturated heterocycles. The van der Waals surface area contributed by atoms with Gasteiger partial charge in [-0.1, -0.05) is 41.4 Å². The van der Waals surface area contributed by atoms with E-state index in [4.69, 9.17) is 16.3 Å². The van der Waals surface area contributed by atoms with Crippen LogP contribution < -0.4 is 14.5 Å². The average molecular weight is 472 g/mol. The minimum absolute atomic E-state index is 0.0800. The Bertz CT molecular complexity index is 1190. The van der Waals surface area contributed by atoms with E-state index < -0.39 is 22.5 Å². The standard InChI is InChI=1S/C23H22ClN3O4S/c1-17-3-13-22(14-4-17)32(29,30)27(20-9-11-21(31-2)12-10-20)16-23(28)26-25-15-18-5-7-19(24)8-6-18/h3-15H,16H2,1-2H3,(H,26,28)/b25-15-. The number of halogens is 1. The summed E-state index contributed by atoms with van der Waals surface area (Å²) in [5.41, 5.74) is 4.35. The van der Waals surface area contributed by atoms with E-state index in [9.17, 15) is 13.2 Å². The maximum atomic E-state index is 13.3.